The molecule has 0 aromatic heterocycles. The van der Waals surface area contributed by atoms with Crippen LogP contribution in [0.4, 0.5) is 0 Å². The Morgan fingerprint density at radius 2 is 2.00 bits per heavy atom. The third-order valence-corrected chi connectivity index (χ3v) is 2.75. The van der Waals surface area contributed by atoms with Gasteiger partial charge in [0.25, 0.3) is 0 Å². The lowest BCUT2D eigenvalue weighted by molar-refractivity contribution is 0.0810. The van der Waals surface area contributed by atoms with Crippen molar-refractivity contribution >= 4 is 15.9 Å². The molecule has 1 rings (SSSR count). The summed E-state index contributed by atoms with van der Waals surface area (Å²) in [7, 11) is 0. The van der Waals surface area contributed by atoms with E-state index in [9.17, 15) is 5.11 Å². The smallest absolute Gasteiger partial charge is 0.0631 e. The van der Waals surface area contributed by atoms with E-state index in [-0.39, 0.29) is 0 Å². The van der Waals surface area contributed by atoms with E-state index in [4.69, 9.17) is 0 Å². The van der Waals surface area contributed by atoms with Gasteiger partial charge in [0, 0.05) is 10.9 Å². The quantitative estimate of drug-likeness (QED) is 0.846. The summed E-state index contributed by atoms with van der Waals surface area (Å²) in [4.78, 5) is 0. The van der Waals surface area contributed by atoms with Crippen LogP contribution in [0.3, 0.4) is 0 Å². The van der Waals surface area contributed by atoms with Gasteiger partial charge in [0.1, 0.15) is 0 Å². The fourth-order valence-electron chi connectivity index (χ4n) is 1.32. The van der Waals surface area contributed by atoms with E-state index in [2.05, 4.69) is 28.9 Å². The van der Waals surface area contributed by atoms with Crippen molar-refractivity contribution < 1.29 is 5.11 Å². The molecule has 0 heterocycles. The molecule has 0 aliphatic carbocycles. The summed E-state index contributed by atoms with van der Waals surface area (Å²) in [5.41, 5.74) is 1.76. The molecule has 0 unspecified atom stereocenters. The molecule has 2 heteroatoms. The molecule has 0 saturated carbocycles. The van der Waals surface area contributed by atoms with Crippen LogP contribution < -0.4 is 0 Å². The standard InChI is InChI=1S/C11H15BrO/c1-8-6-9(4-5-10(8)12)7-11(2,3)13/h4-6,13H,7H2,1-3H3. The molecule has 0 radical (unpaired) electrons. The van der Waals surface area contributed by atoms with Gasteiger partial charge in [-0.2, -0.15) is 0 Å². The van der Waals surface area contributed by atoms with Crippen LogP contribution in [-0.4, -0.2) is 10.7 Å². The number of rotatable bonds is 2. The van der Waals surface area contributed by atoms with E-state index in [0.717, 1.165) is 4.47 Å². The van der Waals surface area contributed by atoms with Gasteiger partial charge in [0.2, 0.25) is 0 Å². The lowest BCUT2D eigenvalue weighted by Crippen LogP contribution is -2.21. The van der Waals surface area contributed by atoms with Crippen molar-refractivity contribution in [2.45, 2.75) is 32.8 Å². The second kappa shape index (κ2) is 3.81. The SMILES string of the molecule is Cc1cc(CC(C)(C)O)ccc1Br. The maximum Gasteiger partial charge on any atom is 0.0631 e. The molecule has 0 bridgehead atoms. The van der Waals surface area contributed by atoms with Crippen molar-refractivity contribution in [3.63, 3.8) is 0 Å². The fourth-order valence-corrected chi connectivity index (χ4v) is 1.56. The van der Waals surface area contributed by atoms with Crippen LogP contribution >= 0.6 is 15.9 Å². The number of hydrogen-bond donors (Lipinski definition) is 1. The highest BCUT2D eigenvalue weighted by Gasteiger charge is 2.13. The monoisotopic (exact) mass is 242 g/mol. The van der Waals surface area contributed by atoms with Gasteiger partial charge in [-0.25, -0.2) is 0 Å². The first-order valence-electron chi connectivity index (χ1n) is 4.36. The molecule has 1 N–H and O–H groups in total. The highest BCUT2D eigenvalue weighted by atomic mass is 79.9. The molecule has 1 aromatic carbocycles. The van der Waals surface area contributed by atoms with Crippen LogP contribution in [0.1, 0.15) is 25.0 Å². The van der Waals surface area contributed by atoms with Gasteiger partial charge in [-0.05, 0) is 38.0 Å². The average molecular weight is 243 g/mol. The van der Waals surface area contributed by atoms with E-state index in [0.29, 0.717) is 6.42 Å². The number of halogens is 1. The largest absolute Gasteiger partial charge is 0.390 e. The average Bonchev–Trinajstić information content (AvgIpc) is 1.94. The minimum Gasteiger partial charge on any atom is -0.390 e. The number of benzene rings is 1. The predicted molar refractivity (Wildman–Crippen MR) is 58.9 cm³/mol. The highest BCUT2D eigenvalue weighted by molar-refractivity contribution is 9.10. The Morgan fingerprint density at radius 3 is 2.46 bits per heavy atom. The Kier molecular flexibility index (Phi) is 3.14. The van der Waals surface area contributed by atoms with Crippen LogP contribution in [-0.2, 0) is 6.42 Å². The summed E-state index contributed by atoms with van der Waals surface area (Å²) < 4.78 is 1.12. The lowest BCUT2D eigenvalue weighted by atomic mass is 9.98. The zero-order chi connectivity index (χ0) is 10.1. The Morgan fingerprint density at radius 1 is 1.38 bits per heavy atom. The topological polar surface area (TPSA) is 20.2 Å². The van der Waals surface area contributed by atoms with E-state index in [1.807, 2.05) is 26.0 Å². The minimum atomic E-state index is -0.625. The molecule has 0 amide bonds. The van der Waals surface area contributed by atoms with Crippen molar-refractivity contribution in [2.75, 3.05) is 0 Å². The highest BCUT2D eigenvalue weighted by Crippen LogP contribution is 2.19. The first-order chi connectivity index (χ1) is 5.88. The van der Waals surface area contributed by atoms with Crippen LogP contribution in [0.5, 0.6) is 0 Å². The first kappa shape index (κ1) is 10.7. The summed E-state index contributed by atoms with van der Waals surface area (Å²) >= 11 is 3.45. The van der Waals surface area contributed by atoms with E-state index in [1.165, 1.54) is 11.1 Å². The molecule has 0 atom stereocenters. The van der Waals surface area contributed by atoms with Gasteiger partial charge >= 0.3 is 0 Å². The van der Waals surface area contributed by atoms with E-state index < -0.39 is 5.60 Å². The van der Waals surface area contributed by atoms with Crippen LogP contribution in [0.25, 0.3) is 0 Å². The summed E-state index contributed by atoms with van der Waals surface area (Å²) in [6, 6.07) is 6.16. The molecule has 0 spiro atoms. The van der Waals surface area contributed by atoms with Crippen molar-refractivity contribution in [1.82, 2.24) is 0 Å². The second-order valence-corrected chi connectivity index (χ2v) is 4.93. The van der Waals surface area contributed by atoms with E-state index in [1.54, 1.807) is 0 Å². The molecule has 0 aliphatic heterocycles. The molecule has 0 aliphatic rings. The number of aryl methyl sites for hydroxylation is 1. The van der Waals surface area contributed by atoms with Gasteiger partial charge in [-0.1, -0.05) is 28.1 Å². The molecular weight excluding hydrogens is 228 g/mol. The number of aliphatic hydroxyl groups is 1. The molecule has 0 saturated heterocycles. The van der Waals surface area contributed by atoms with Gasteiger partial charge in [0.05, 0.1) is 5.60 Å². The Hall–Kier alpha value is -0.340. The summed E-state index contributed by atoms with van der Waals surface area (Å²) in [6.45, 7) is 5.70. The van der Waals surface area contributed by atoms with Crippen molar-refractivity contribution in [3.8, 4) is 0 Å². The van der Waals surface area contributed by atoms with Crippen LogP contribution in [0, 0.1) is 6.92 Å². The molecular formula is C11H15BrO. The van der Waals surface area contributed by atoms with Gasteiger partial charge in [-0.3, -0.25) is 0 Å². The van der Waals surface area contributed by atoms with Crippen molar-refractivity contribution in [1.29, 1.82) is 0 Å². The fraction of sp³-hybridized carbons (Fsp3) is 0.455. The predicted octanol–water partition coefficient (Wildman–Crippen LogP) is 3.07. The van der Waals surface area contributed by atoms with Crippen molar-refractivity contribution in [2.24, 2.45) is 0 Å². The molecule has 1 aromatic rings. The van der Waals surface area contributed by atoms with Gasteiger partial charge in [0.15, 0.2) is 0 Å². The zero-order valence-corrected chi connectivity index (χ0v) is 9.85. The minimum absolute atomic E-state index is 0.625. The third kappa shape index (κ3) is 3.49. The van der Waals surface area contributed by atoms with Gasteiger partial charge in [-0.15, -0.1) is 0 Å². The number of hydrogen-bond acceptors (Lipinski definition) is 1. The molecule has 72 valence electrons. The summed E-state index contributed by atoms with van der Waals surface area (Å²) in [5.74, 6) is 0. The third-order valence-electron chi connectivity index (χ3n) is 1.86. The Bertz CT molecular complexity index is 299. The second-order valence-electron chi connectivity index (χ2n) is 4.07. The first-order valence-corrected chi connectivity index (χ1v) is 5.15. The molecule has 0 fully saturated rings. The van der Waals surface area contributed by atoms with Crippen LogP contribution in [0.2, 0.25) is 0 Å². The van der Waals surface area contributed by atoms with Gasteiger partial charge < -0.3 is 5.11 Å². The van der Waals surface area contributed by atoms with Crippen molar-refractivity contribution in [3.05, 3.63) is 33.8 Å². The Balaban J connectivity index is 2.86. The Labute approximate surface area is 87.9 Å². The maximum atomic E-state index is 9.62. The van der Waals surface area contributed by atoms with E-state index >= 15 is 0 Å². The normalized spacial score (nSPS) is 11.8. The summed E-state index contributed by atoms with van der Waals surface area (Å²) in [5, 5.41) is 9.62. The zero-order valence-electron chi connectivity index (χ0n) is 8.26. The molecule has 13 heavy (non-hydrogen) atoms. The van der Waals surface area contributed by atoms with Crippen LogP contribution in [0.15, 0.2) is 22.7 Å². The summed E-state index contributed by atoms with van der Waals surface area (Å²) in [6.07, 6.45) is 0.696. The maximum absolute atomic E-state index is 9.62. The molecule has 1 nitrogen and oxygen atoms in total. The lowest BCUT2D eigenvalue weighted by Gasteiger charge is -2.17.